The molecule has 0 radical (unpaired) electrons. The van der Waals surface area contributed by atoms with Gasteiger partial charge in [-0.05, 0) is 24.0 Å². The zero-order valence-corrected chi connectivity index (χ0v) is 14.1. The van der Waals surface area contributed by atoms with Crippen molar-refractivity contribution in [1.82, 2.24) is 14.5 Å². The first-order chi connectivity index (χ1) is 11.1. The number of alkyl halides is 3. The zero-order chi connectivity index (χ0) is 18.1. The molecule has 1 N–H and O–H groups in total. The van der Waals surface area contributed by atoms with Gasteiger partial charge in [-0.15, -0.1) is 0 Å². The number of rotatable bonds is 5. The number of nitrogens with one attached hydrogen (secondary N) is 1. The molecule has 0 aliphatic carbocycles. The van der Waals surface area contributed by atoms with Crippen LogP contribution in [0.1, 0.15) is 39.8 Å². The molecular formula is C16H21F3N4O. The number of imidazole rings is 1. The van der Waals surface area contributed by atoms with Crippen molar-refractivity contribution >= 4 is 23.0 Å². The first-order valence-corrected chi connectivity index (χ1v) is 7.82. The fraction of sp³-hybridized carbons (Fsp3) is 0.562. The van der Waals surface area contributed by atoms with Crippen molar-refractivity contribution in [1.29, 1.82) is 0 Å². The van der Waals surface area contributed by atoms with E-state index in [4.69, 9.17) is 0 Å². The van der Waals surface area contributed by atoms with E-state index >= 15 is 0 Å². The molecule has 0 unspecified atom stereocenters. The number of nitrogens with zero attached hydrogens (tertiary/aromatic N) is 3. The number of anilines is 1. The van der Waals surface area contributed by atoms with Crippen LogP contribution in [0.15, 0.2) is 12.1 Å². The topological polar surface area (TPSA) is 59.8 Å². The summed E-state index contributed by atoms with van der Waals surface area (Å²) < 4.78 is 40.3. The average Bonchev–Trinajstić information content (AvgIpc) is 2.73. The van der Waals surface area contributed by atoms with Crippen LogP contribution in [0.3, 0.4) is 0 Å². The molecular weight excluding hydrogens is 321 g/mol. The molecule has 0 spiro atoms. The molecule has 132 valence electrons. The van der Waals surface area contributed by atoms with Crippen LogP contribution in [0.4, 0.5) is 19.1 Å². The minimum absolute atomic E-state index is 0.123. The van der Waals surface area contributed by atoms with Gasteiger partial charge in [-0.1, -0.05) is 27.7 Å². The Kier molecular flexibility index (Phi) is 5.15. The predicted molar refractivity (Wildman–Crippen MR) is 85.5 cm³/mol. The fourth-order valence-corrected chi connectivity index (χ4v) is 2.34. The summed E-state index contributed by atoms with van der Waals surface area (Å²) in [6.45, 7) is 8.09. The second kappa shape index (κ2) is 6.78. The Hall–Kier alpha value is -2.12. The zero-order valence-electron chi connectivity index (χ0n) is 14.1. The molecule has 8 heteroatoms. The second-order valence-corrected chi connectivity index (χ2v) is 6.62. The van der Waals surface area contributed by atoms with Crippen LogP contribution in [0.25, 0.3) is 11.2 Å². The highest BCUT2D eigenvalue weighted by atomic mass is 19.4. The van der Waals surface area contributed by atoms with Gasteiger partial charge in [0.25, 0.3) is 0 Å². The number of carbonyl (C=O) groups is 1. The third-order valence-electron chi connectivity index (χ3n) is 3.28. The van der Waals surface area contributed by atoms with Crippen molar-refractivity contribution in [3.05, 3.63) is 17.8 Å². The lowest BCUT2D eigenvalue weighted by Crippen LogP contribution is -2.18. The minimum Gasteiger partial charge on any atom is -0.296 e. The van der Waals surface area contributed by atoms with Crippen LogP contribution >= 0.6 is 0 Å². The highest BCUT2D eigenvalue weighted by Crippen LogP contribution is 2.30. The van der Waals surface area contributed by atoms with Gasteiger partial charge in [0.15, 0.2) is 5.65 Å². The van der Waals surface area contributed by atoms with E-state index in [0.29, 0.717) is 18.5 Å². The number of carbonyl (C=O) groups excluding carboxylic acids is 1. The molecule has 2 aromatic heterocycles. The molecule has 2 aromatic rings. The maximum Gasteiger partial charge on any atom is 0.433 e. The van der Waals surface area contributed by atoms with Gasteiger partial charge in [0.1, 0.15) is 11.2 Å². The highest BCUT2D eigenvalue weighted by molar-refractivity contribution is 5.91. The van der Waals surface area contributed by atoms with Gasteiger partial charge in [0, 0.05) is 13.0 Å². The van der Waals surface area contributed by atoms with Crippen molar-refractivity contribution in [2.45, 2.75) is 46.8 Å². The molecule has 0 bridgehead atoms. The predicted octanol–water partition coefficient (Wildman–Crippen LogP) is 4.09. The number of fused-ring (bicyclic) bond motifs is 1. The van der Waals surface area contributed by atoms with Gasteiger partial charge in [-0.25, -0.2) is 9.97 Å². The van der Waals surface area contributed by atoms with E-state index < -0.39 is 11.9 Å². The minimum atomic E-state index is -4.53. The molecule has 5 nitrogen and oxygen atoms in total. The van der Waals surface area contributed by atoms with Crippen LogP contribution < -0.4 is 5.32 Å². The Morgan fingerprint density at radius 3 is 2.38 bits per heavy atom. The van der Waals surface area contributed by atoms with Crippen molar-refractivity contribution in [3.63, 3.8) is 0 Å². The SMILES string of the molecule is CC(C)CC(=O)Nc1nc2ccc(C(F)(F)F)nc2n1CC(C)C. The Morgan fingerprint density at radius 1 is 1.17 bits per heavy atom. The maximum atomic E-state index is 12.9. The van der Waals surface area contributed by atoms with Crippen LogP contribution in [0.5, 0.6) is 0 Å². The molecule has 2 rings (SSSR count). The molecule has 0 aliphatic rings. The quantitative estimate of drug-likeness (QED) is 0.890. The average molecular weight is 342 g/mol. The Bertz CT molecular complexity index is 735. The summed E-state index contributed by atoms with van der Waals surface area (Å²) >= 11 is 0. The number of amides is 1. The van der Waals surface area contributed by atoms with E-state index in [1.54, 1.807) is 0 Å². The summed E-state index contributed by atoms with van der Waals surface area (Å²) in [7, 11) is 0. The molecule has 2 heterocycles. The molecule has 24 heavy (non-hydrogen) atoms. The van der Waals surface area contributed by atoms with E-state index in [2.05, 4.69) is 15.3 Å². The lowest BCUT2D eigenvalue weighted by Gasteiger charge is -2.13. The fourth-order valence-electron chi connectivity index (χ4n) is 2.34. The molecule has 0 aromatic carbocycles. The van der Waals surface area contributed by atoms with Gasteiger partial charge in [0.05, 0.1) is 0 Å². The van der Waals surface area contributed by atoms with Gasteiger partial charge >= 0.3 is 6.18 Å². The van der Waals surface area contributed by atoms with Crippen LogP contribution in [0, 0.1) is 11.8 Å². The summed E-state index contributed by atoms with van der Waals surface area (Å²) in [5, 5.41) is 2.69. The third-order valence-corrected chi connectivity index (χ3v) is 3.28. The van der Waals surface area contributed by atoms with Crippen molar-refractivity contribution in [2.75, 3.05) is 5.32 Å². The molecule has 0 atom stereocenters. The monoisotopic (exact) mass is 342 g/mol. The van der Waals surface area contributed by atoms with Gasteiger partial charge in [0.2, 0.25) is 11.9 Å². The second-order valence-electron chi connectivity index (χ2n) is 6.62. The number of halogens is 3. The van der Waals surface area contributed by atoms with Crippen LogP contribution in [-0.4, -0.2) is 20.4 Å². The summed E-state index contributed by atoms with van der Waals surface area (Å²) in [5.74, 6) is 0.333. The van der Waals surface area contributed by atoms with E-state index in [1.165, 1.54) is 10.6 Å². The summed E-state index contributed by atoms with van der Waals surface area (Å²) in [4.78, 5) is 19.9. The Balaban J connectivity index is 2.48. The van der Waals surface area contributed by atoms with Gasteiger partial charge < -0.3 is 0 Å². The summed E-state index contributed by atoms with van der Waals surface area (Å²) in [6.07, 6.45) is -4.21. The van der Waals surface area contributed by atoms with E-state index in [-0.39, 0.29) is 29.3 Å². The summed E-state index contributed by atoms with van der Waals surface area (Å²) in [5.41, 5.74) is -0.526. The number of aromatic nitrogens is 3. The molecule has 1 amide bonds. The molecule has 0 fully saturated rings. The standard InChI is InChI=1S/C16H21F3N4O/c1-9(2)7-13(24)22-15-20-11-5-6-12(16(17,18)19)21-14(11)23(15)8-10(3)4/h5-6,9-10H,7-8H2,1-4H3,(H,20,22,24). The molecule has 0 saturated carbocycles. The van der Waals surface area contributed by atoms with E-state index in [9.17, 15) is 18.0 Å². The normalized spacial score (nSPS) is 12.4. The number of hydrogen-bond donors (Lipinski definition) is 1. The Labute approximate surface area is 138 Å². The number of pyridine rings is 1. The largest absolute Gasteiger partial charge is 0.433 e. The maximum absolute atomic E-state index is 12.9. The first-order valence-electron chi connectivity index (χ1n) is 7.82. The molecule has 0 aliphatic heterocycles. The van der Waals surface area contributed by atoms with Crippen LogP contribution in [-0.2, 0) is 17.5 Å². The summed E-state index contributed by atoms with van der Waals surface area (Å²) in [6, 6.07) is 2.18. The van der Waals surface area contributed by atoms with Crippen LogP contribution in [0.2, 0.25) is 0 Å². The van der Waals surface area contributed by atoms with Crippen molar-refractivity contribution in [3.8, 4) is 0 Å². The molecule has 0 saturated heterocycles. The van der Waals surface area contributed by atoms with E-state index in [0.717, 1.165) is 6.07 Å². The number of hydrogen-bond acceptors (Lipinski definition) is 3. The Morgan fingerprint density at radius 2 is 1.83 bits per heavy atom. The van der Waals surface area contributed by atoms with Gasteiger partial charge in [-0.3, -0.25) is 14.7 Å². The lowest BCUT2D eigenvalue weighted by atomic mass is 10.1. The van der Waals surface area contributed by atoms with Crippen molar-refractivity contribution < 1.29 is 18.0 Å². The van der Waals surface area contributed by atoms with Crippen molar-refractivity contribution in [2.24, 2.45) is 11.8 Å². The van der Waals surface area contributed by atoms with Gasteiger partial charge in [-0.2, -0.15) is 13.2 Å². The smallest absolute Gasteiger partial charge is 0.296 e. The lowest BCUT2D eigenvalue weighted by molar-refractivity contribution is -0.141. The highest BCUT2D eigenvalue weighted by Gasteiger charge is 2.33. The third kappa shape index (κ3) is 4.24. The first kappa shape index (κ1) is 18.2. The van der Waals surface area contributed by atoms with E-state index in [1.807, 2.05) is 27.7 Å².